The highest BCUT2D eigenvalue weighted by Gasteiger charge is 2.08. The standard InChI is InChI=1S/C12H11FN2O/c1-15-8-9(7-14-15)6-12(16)10-2-4-11(13)5-3-10/h2-5,7-8H,6H2,1H3. The molecule has 4 heteroatoms. The van der Waals surface area contributed by atoms with Crippen LogP contribution in [0.1, 0.15) is 15.9 Å². The van der Waals surface area contributed by atoms with Crippen molar-refractivity contribution in [2.45, 2.75) is 6.42 Å². The fraction of sp³-hybridized carbons (Fsp3) is 0.167. The molecular formula is C12H11FN2O. The maximum atomic E-state index is 12.7. The molecule has 16 heavy (non-hydrogen) atoms. The Hall–Kier alpha value is -1.97. The number of carbonyl (C=O) groups is 1. The number of benzene rings is 1. The van der Waals surface area contributed by atoms with Gasteiger partial charge in [-0.05, 0) is 29.8 Å². The SMILES string of the molecule is Cn1cc(CC(=O)c2ccc(F)cc2)cn1. The molecule has 0 unspecified atom stereocenters. The van der Waals surface area contributed by atoms with E-state index in [0.717, 1.165) is 5.56 Å². The molecule has 0 saturated carbocycles. The summed E-state index contributed by atoms with van der Waals surface area (Å²) >= 11 is 0. The lowest BCUT2D eigenvalue weighted by atomic mass is 10.1. The van der Waals surface area contributed by atoms with Crippen molar-refractivity contribution in [3.63, 3.8) is 0 Å². The summed E-state index contributed by atoms with van der Waals surface area (Å²) in [6.07, 6.45) is 3.74. The van der Waals surface area contributed by atoms with Crippen LogP contribution >= 0.6 is 0 Å². The van der Waals surface area contributed by atoms with E-state index in [0.29, 0.717) is 12.0 Å². The molecule has 1 heterocycles. The summed E-state index contributed by atoms with van der Waals surface area (Å²) in [5.74, 6) is -0.370. The van der Waals surface area contributed by atoms with E-state index in [4.69, 9.17) is 0 Å². The van der Waals surface area contributed by atoms with Crippen LogP contribution in [0.4, 0.5) is 4.39 Å². The molecule has 0 aliphatic rings. The van der Waals surface area contributed by atoms with Crippen molar-refractivity contribution in [3.05, 3.63) is 53.6 Å². The lowest BCUT2D eigenvalue weighted by molar-refractivity contribution is 0.0993. The third-order valence-corrected chi connectivity index (χ3v) is 2.29. The summed E-state index contributed by atoms with van der Waals surface area (Å²) < 4.78 is 14.3. The first-order valence-electron chi connectivity index (χ1n) is 4.91. The molecule has 82 valence electrons. The van der Waals surface area contributed by atoms with E-state index in [1.165, 1.54) is 24.3 Å². The first-order valence-corrected chi connectivity index (χ1v) is 4.91. The Kier molecular flexibility index (Phi) is 2.81. The van der Waals surface area contributed by atoms with Crippen LogP contribution in [0.15, 0.2) is 36.7 Å². The Labute approximate surface area is 92.5 Å². The summed E-state index contributed by atoms with van der Waals surface area (Å²) in [5, 5.41) is 3.98. The predicted molar refractivity (Wildman–Crippen MR) is 57.6 cm³/mol. The monoisotopic (exact) mass is 218 g/mol. The molecule has 3 nitrogen and oxygen atoms in total. The number of rotatable bonds is 3. The Morgan fingerprint density at radius 3 is 2.62 bits per heavy atom. The summed E-state index contributed by atoms with van der Waals surface area (Å²) in [6, 6.07) is 5.56. The van der Waals surface area contributed by atoms with Crippen LogP contribution in [0.5, 0.6) is 0 Å². The van der Waals surface area contributed by atoms with Gasteiger partial charge in [0.2, 0.25) is 0 Å². The summed E-state index contributed by atoms with van der Waals surface area (Å²) in [4.78, 5) is 11.8. The van der Waals surface area contributed by atoms with Crippen molar-refractivity contribution < 1.29 is 9.18 Å². The molecule has 0 amide bonds. The number of hydrogen-bond acceptors (Lipinski definition) is 2. The second-order valence-corrected chi connectivity index (χ2v) is 3.63. The number of carbonyl (C=O) groups excluding carboxylic acids is 1. The zero-order valence-corrected chi connectivity index (χ0v) is 8.85. The number of aryl methyl sites for hydroxylation is 1. The van der Waals surface area contributed by atoms with Crippen LogP contribution in [0.2, 0.25) is 0 Å². The van der Waals surface area contributed by atoms with E-state index in [2.05, 4.69) is 5.10 Å². The molecule has 1 aromatic heterocycles. The molecule has 0 radical (unpaired) electrons. The van der Waals surface area contributed by atoms with Crippen molar-refractivity contribution in [2.24, 2.45) is 7.05 Å². The average Bonchev–Trinajstić information content (AvgIpc) is 2.65. The van der Waals surface area contributed by atoms with Gasteiger partial charge in [0.05, 0.1) is 6.20 Å². The number of hydrogen-bond donors (Lipinski definition) is 0. The fourth-order valence-corrected chi connectivity index (χ4v) is 1.49. The second kappa shape index (κ2) is 4.26. The molecule has 0 saturated heterocycles. The van der Waals surface area contributed by atoms with Crippen molar-refractivity contribution in [1.82, 2.24) is 9.78 Å². The van der Waals surface area contributed by atoms with Crippen LogP contribution in [0, 0.1) is 5.82 Å². The summed E-state index contributed by atoms with van der Waals surface area (Å²) in [7, 11) is 1.80. The molecule has 2 aromatic rings. The average molecular weight is 218 g/mol. The third-order valence-electron chi connectivity index (χ3n) is 2.29. The number of halogens is 1. The lowest BCUT2D eigenvalue weighted by Gasteiger charge is -1.98. The molecule has 0 spiro atoms. The maximum absolute atomic E-state index is 12.7. The zero-order chi connectivity index (χ0) is 11.5. The number of aromatic nitrogens is 2. The minimum atomic E-state index is -0.335. The fourth-order valence-electron chi connectivity index (χ4n) is 1.49. The van der Waals surface area contributed by atoms with Crippen LogP contribution < -0.4 is 0 Å². The largest absolute Gasteiger partial charge is 0.294 e. The molecule has 0 bridgehead atoms. The third kappa shape index (κ3) is 2.34. The topological polar surface area (TPSA) is 34.9 Å². The van der Waals surface area contributed by atoms with Gasteiger partial charge in [-0.3, -0.25) is 9.48 Å². The van der Waals surface area contributed by atoms with Crippen molar-refractivity contribution in [1.29, 1.82) is 0 Å². The van der Waals surface area contributed by atoms with E-state index in [9.17, 15) is 9.18 Å². The highest BCUT2D eigenvalue weighted by atomic mass is 19.1. The van der Waals surface area contributed by atoms with Crippen LogP contribution in [0.25, 0.3) is 0 Å². The number of ketones is 1. The van der Waals surface area contributed by atoms with Crippen LogP contribution in [-0.2, 0) is 13.5 Å². The zero-order valence-electron chi connectivity index (χ0n) is 8.85. The van der Waals surface area contributed by atoms with Crippen LogP contribution in [0.3, 0.4) is 0 Å². The molecule has 0 aliphatic carbocycles. The molecule has 0 aliphatic heterocycles. The van der Waals surface area contributed by atoms with Crippen molar-refractivity contribution in [3.8, 4) is 0 Å². The molecule has 1 aromatic carbocycles. The number of Topliss-reactive ketones (excluding diaryl/α,β-unsaturated/α-hetero) is 1. The van der Waals surface area contributed by atoms with Gasteiger partial charge in [0.15, 0.2) is 5.78 Å². The first-order chi connectivity index (χ1) is 7.65. The van der Waals surface area contributed by atoms with E-state index >= 15 is 0 Å². The molecular weight excluding hydrogens is 207 g/mol. The molecule has 0 atom stereocenters. The highest BCUT2D eigenvalue weighted by Crippen LogP contribution is 2.08. The Morgan fingerprint density at radius 1 is 1.38 bits per heavy atom. The van der Waals surface area contributed by atoms with E-state index in [1.54, 1.807) is 24.1 Å². The van der Waals surface area contributed by atoms with Gasteiger partial charge in [-0.2, -0.15) is 5.10 Å². The Morgan fingerprint density at radius 2 is 2.06 bits per heavy atom. The summed E-state index contributed by atoms with van der Waals surface area (Å²) in [6.45, 7) is 0. The normalized spacial score (nSPS) is 10.4. The van der Waals surface area contributed by atoms with Crippen LogP contribution in [-0.4, -0.2) is 15.6 Å². The summed E-state index contributed by atoms with van der Waals surface area (Å²) in [5.41, 5.74) is 1.38. The molecule has 0 N–H and O–H groups in total. The number of nitrogens with zero attached hydrogens (tertiary/aromatic N) is 2. The minimum absolute atomic E-state index is 0.0343. The van der Waals surface area contributed by atoms with E-state index in [1.807, 2.05) is 0 Å². The van der Waals surface area contributed by atoms with Crippen molar-refractivity contribution in [2.75, 3.05) is 0 Å². The Balaban J connectivity index is 2.11. The van der Waals surface area contributed by atoms with Gasteiger partial charge >= 0.3 is 0 Å². The van der Waals surface area contributed by atoms with Gasteiger partial charge in [0.1, 0.15) is 5.82 Å². The van der Waals surface area contributed by atoms with Crippen molar-refractivity contribution >= 4 is 5.78 Å². The second-order valence-electron chi connectivity index (χ2n) is 3.63. The first kappa shape index (κ1) is 10.5. The molecule has 2 rings (SSSR count). The van der Waals surface area contributed by atoms with E-state index < -0.39 is 0 Å². The molecule has 0 fully saturated rings. The quantitative estimate of drug-likeness (QED) is 0.738. The highest BCUT2D eigenvalue weighted by molar-refractivity contribution is 5.97. The lowest BCUT2D eigenvalue weighted by Crippen LogP contribution is -2.02. The van der Waals surface area contributed by atoms with Gasteiger partial charge in [0, 0.05) is 25.2 Å². The maximum Gasteiger partial charge on any atom is 0.167 e. The van der Waals surface area contributed by atoms with Gasteiger partial charge in [0.25, 0.3) is 0 Å². The van der Waals surface area contributed by atoms with Gasteiger partial charge < -0.3 is 0 Å². The Bertz CT molecular complexity index is 502. The van der Waals surface area contributed by atoms with Gasteiger partial charge in [-0.1, -0.05) is 0 Å². The smallest absolute Gasteiger partial charge is 0.167 e. The van der Waals surface area contributed by atoms with Gasteiger partial charge in [-0.25, -0.2) is 4.39 Å². The minimum Gasteiger partial charge on any atom is -0.294 e. The predicted octanol–water partition coefficient (Wildman–Crippen LogP) is 1.98. The van der Waals surface area contributed by atoms with Gasteiger partial charge in [-0.15, -0.1) is 0 Å². The van der Waals surface area contributed by atoms with E-state index in [-0.39, 0.29) is 11.6 Å².